The van der Waals surface area contributed by atoms with Gasteiger partial charge in [-0.25, -0.2) is 4.39 Å². The fourth-order valence-corrected chi connectivity index (χ4v) is 3.74. The van der Waals surface area contributed by atoms with Crippen LogP contribution in [0.25, 0.3) is 0 Å². The van der Waals surface area contributed by atoms with Crippen LogP contribution < -0.4 is 10.6 Å². The van der Waals surface area contributed by atoms with Crippen LogP contribution in [0.15, 0.2) is 24.3 Å². The number of nitrogens with one attached hydrogen (secondary N) is 2. The number of carbonyl (C=O) groups excluding carboxylic acids is 1. The molecule has 4 heteroatoms. The van der Waals surface area contributed by atoms with E-state index in [-0.39, 0.29) is 17.8 Å². The van der Waals surface area contributed by atoms with E-state index < -0.39 is 0 Å². The highest BCUT2D eigenvalue weighted by atomic mass is 19.1. The summed E-state index contributed by atoms with van der Waals surface area (Å²) in [5.74, 6) is 0.366. The lowest BCUT2D eigenvalue weighted by molar-refractivity contribution is -0.122. The first kappa shape index (κ1) is 14.5. The molecule has 21 heavy (non-hydrogen) atoms. The summed E-state index contributed by atoms with van der Waals surface area (Å²) >= 11 is 0. The van der Waals surface area contributed by atoms with Crippen LogP contribution >= 0.6 is 0 Å². The van der Waals surface area contributed by atoms with Gasteiger partial charge in [-0.05, 0) is 56.2 Å². The molecule has 2 aliphatic heterocycles. The summed E-state index contributed by atoms with van der Waals surface area (Å²) in [4.78, 5) is 12.2. The molecule has 3 nitrogen and oxygen atoms in total. The average molecular weight is 290 g/mol. The van der Waals surface area contributed by atoms with Gasteiger partial charge in [0.1, 0.15) is 5.82 Å². The van der Waals surface area contributed by atoms with Gasteiger partial charge in [0.2, 0.25) is 5.91 Å². The molecule has 0 radical (unpaired) electrons. The lowest BCUT2D eigenvalue weighted by atomic mass is 9.89. The molecule has 0 aromatic heterocycles. The molecule has 2 aliphatic rings. The number of piperidine rings is 1. The third kappa shape index (κ3) is 3.62. The Kier molecular flexibility index (Phi) is 4.24. The Morgan fingerprint density at radius 3 is 2.52 bits per heavy atom. The summed E-state index contributed by atoms with van der Waals surface area (Å²) in [7, 11) is 0. The Balaban J connectivity index is 1.50. The molecule has 0 saturated carbocycles. The zero-order valence-electron chi connectivity index (χ0n) is 12.4. The number of halogens is 1. The van der Waals surface area contributed by atoms with Crippen LogP contribution in [-0.2, 0) is 4.79 Å². The zero-order valence-corrected chi connectivity index (χ0v) is 12.4. The molecule has 0 spiro atoms. The monoisotopic (exact) mass is 290 g/mol. The van der Waals surface area contributed by atoms with E-state index in [2.05, 4.69) is 10.6 Å². The third-order valence-corrected chi connectivity index (χ3v) is 4.79. The van der Waals surface area contributed by atoms with E-state index in [0.717, 1.165) is 18.4 Å². The second-order valence-electron chi connectivity index (χ2n) is 6.52. The molecule has 2 N–H and O–H groups in total. The average Bonchev–Trinajstić information content (AvgIpc) is 2.78. The predicted molar refractivity (Wildman–Crippen MR) is 80.2 cm³/mol. The van der Waals surface area contributed by atoms with Gasteiger partial charge in [0, 0.05) is 18.5 Å². The van der Waals surface area contributed by atoms with E-state index in [4.69, 9.17) is 0 Å². The van der Waals surface area contributed by atoms with Crippen molar-refractivity contribution in [1.29, 1.82) is 0 Å². The molecule has 1 aromatic carbocycles. The summed E-state index contributed by atoms with van der Waals surface area (Å²) in [5.41, 5.74) is 0.940. The summed E-state index contributed by atoms with van der Waals surface area (Å²) in [6, 6.07) is 7.49. The van der Waals surface area contributed by atoms with Crippen molar-refractivity contribution in [2.24, 2.45) is 5.92 Å². The Morgan fingerprint density at radius 2 is 1.90 bits per heavy atom. The summed E-state index contributed by atoms with van der Waals surface area (Å²) < 4.78 is 12.9. The van der Waals surface area contributed by atoms with Crippen LogP contribution in [0.3, 0.4) is 0 Å². The minimum Gasteiger partial charge on any atom is -0.350 e. The molecule has 2 heterocycles. The number of rotatable bonds is 4. The second kappa shape index (κ2) is 6.14. The van der Waals surface area contributed by atoms with Gasteiger partial charge in [0.15, 0.2) is 0 Å². The largest absolute Gasteiger partial charge is 0.350 e. The summed E-state index contributed by atoms with van der Waals surface area (Å²) in [6.45, 7) is 1.94. The van der Waals surface area contributed by atoms with Crippen LogP contribution in [0.4, 0.5) is 4.39 Å². The highest BCUT2D eigenvalue weighted by Crippen LogP contribution is 2.32. The molecule has 2 fully saturated rings. The SMILES string of the molecule is C[C@H](NC(=O)CC1CC2CCC(C1)N2)c1ccc(F)cc1. The van der Waals surface area contributed by atoms with E-state index in [0.29, 0.717) is 24.4 Å². The molecule has 2 bridgehead atoms. The smallest absolute Gasteiger partial charge is 0.220 e. The first-order valence-electron chi connectivity index (χ1n) is 7.91. The zero-order chi connectivity index (χ0) is 14.8. The standard InChI is InChI=1S/C17H23FN2O/c1-11(13-2-4-14(18)5-3-13)19-17(21)10-12-8-15-6-7-16(9-12)20-15/h2-5,11-12,15-16,20H,6-10H2,1H3,(H,19,21)/t11-,12?,15?,16?/m0/s1. The van der Waals surface area contributed by atoms with Gasteiger partial charge in [-0.15, -0.1) is 0 Å². The number of fused-ring (bicyclic) bond motifs is 2. The van der Waals surface area contributed by atoms with E-state index >= 15 is 0 Å². The van der Waals surface area contributed by atoms with Crippen molar-refractivity contribution < 1.29 is 9.18 Å². The van der Waals surface area contributed by atoms with Crippen LogP contribution in [-0.4, -0.2) is 18.0 Å². The van der Waals surface area contributed by atoms with Gasteiger partial charge in [-0.1, -0.05) is 12.1 Å². The van der Waals surface area contributed by atoms with E-state index in [1.54, 1.807) is 12.1 Å². The van der Waals surface area contributed by atoms with E-state index in [1.165, 1.54) is 25.0 Å². The fraction of sp³-hybridized carbons (Fsp3) is 0.588. The molecule has 1 aromatic rings. The van der Waals surface area contributed by atoms with Crippen molar-refractivity contribution in [3.63, 3.8) is 0 Å². The fourth-order valence-electron chi connectivity index (χ4n) is 3.74. The molecule has 114 valence electrons. The van der Waals surface area contributed by atoms with Gasteiger partial charge in [-0.3, -0.25) is 4.79 Å². The normalized spacial score (nSPS) is 29.1. The maximum absolute atomic E-state index is 12.9. The van der Waals surface area contributed by atoms with Crippen molar-refractivity contribution in [1.82, 2.24) is 10.6 Å². The minimum absolute atomic E-state index is 0.0727. The lowest BCUT2D eigenvalue weighted by Crippen LogP contribution is -2.40. The van der Waals surface area contributed by atoms with Gasteiger partial charge in [0.25, 0.3) is 0 Å². The highest BCUT2D eigenvalue weighted by molar-refractivity contribution is 5.76. The van der Waals surface area contributed by atoms with Crippen molar-refractivity contribution in [3.05, 3.63) is 35.6 Å². The quantitative estimate of drug-likeness (QED) is 0.895. The topological polar surface area (TPSA) is 41.1 Å². The molecule has 2 saturated heterocycles. The van der Waals surface area contributed by atoms with Gasteiger partial charge in [-0.2, -0.15) is 0 Å². The van der Waals surface area contributed by atoms with Crippen molar-refractivity contribution in [3.8, 4) is 0 Å². The molecule has 0 aliphatic carbocycles. The van der Waals surface area contributed by atoms with Gasteiger partial charge >= 0.3 is 0 Å². The molecule has 3 atom stereocenters. The Hall–Kier alpha value is -1.42. The lowest BCUT2D eigenvalue weighted by Gasteiger charge is -2.29. The van der Waals surface area contributed by atoms with Gasteiger partial charge < -0.3 is 10.6 Å². The molecule has 1 amide bonds. The molecular formula is C17H23FN2O. The third-order valence-electron chi connectivity index (χ3n) is 4.79. The van der Waals surface area contributed by atoms with Crippen molar-refractivity contribution >= 4 is 5.91 Å². The Bertz CT molecular complexity index is 490. The second-order valence-corrected chi connectivity index (χ2v) is 6.52. The van der Waals surface area contributed by atoms with Crippen LogP contribution in [0.2, 0.25) is 0 Å². The van der Waals surface area contributed by atoms with Crippen LogP contribution in [0.1, 0.15) is 50.6 Å². The van der Waals surface area contributed by atoms with Gasteiger partial charge in [0.05, 0.1) is 6.04 Å². The van der Waals surface area contributed by atoms with E-state index in [9.17, 15) is 9.18 Å². The number of amides is 1. The predicted octanol–water partition coefficient (Wildman–Crippen LogP) is 2.92. The Morgan fingerprint density at radius 1 is 1.29 bits per heavy atom. The number of carbonyl (C=O) groups is 1. The highest BCUT2D eigenvalue weighted by Gasteiger charge is 2.34. The van der Waals surface area contributed by atoms with Crippen LogP contribution in [0, 0.1) is 11.7 Å². The number of hydrogen-bond acceptors (Lipinski definition) is 2. The maximum atomic E-state index is 12.9. The van der Waals surface area contributed by atoms with Crippen molar-refractivity contribution in [2.75, 3.05) is 0 Å². The molecule has 3 rings (SSSR count). The van der Waals surface area contributed by atoms with Crippen molar-refractivity contribution in [2.45, 2.75) is 57.2 Å². The van der Waals surface area contributed by atoms with E-state index in [1.807, 2.05) is 6.92 Å². The minimum atomic E-state index is -0.248. The maximum Gasteiger partial charge on any atom is 0.220 e. The molecule has 2 unspecified atom stereocenters. The first-order chi connectivity index (χ1) is 10.1. The first-order valence-corrected chi connectivity index (χ1v) is 7.91. The summed E-state index contributed by atoms with van der Waals surface area (Å²) in [6.07, 6.45) is 5.37. The van der Waals surface area contributed by atoms with Crippen LogP contribution in [0.5, 0.6) is 0 Å². The summed E-state index contributed by atoms with van der Waals surface area (Å²) in [5, 5.41) is 6.63. The molecular weight excluding hydrogens is 267 g/mol. The number of benzene rings is 1. The Labute approximate surface area is 125 Å². The number of hydrogen-bond donors (Lipinski definition) is 2.